The van der Waals surface area contributed by atoms with Crippen LogP contribution in [0.25, 0.3) is 0 Å². The average Bonchev–Trinajstić information content (AvgIpc) is 2.58. The second kappa shape index (κ2) is 8.27. The van der Waals surface area contributed by atoms with Gasteiger partial charge in [0.2, 0.25) is 0 Å². The first kappa shape index (κ1) is 17.6. The van der Waals surface area contributed by atoms with Gasteiger partial charge in [-0.2, -0.15) is 0 Å². The van der Waals surface area contributed by atoms with Crippen LogP contribution in [0, 0.1) is 13.8 Å². The van der Waals surface area contributed by atoms with E-state index in [1.807, 2.05) is 6.07 Å². The molecule has 0 nitrogen and oxygen atoms in total. The van der Waals surface area contributed by atoms with Gasteiger partial charge in [0, 0.05) is 5.02 Å². The van der Waals surface area contributed by atoms with E-state index in [0.717, 1.165) is 23.4 Å². The Morgan fingerprint density at radius 1 is 0.708 bits per heavy atom. The van der Waals surface area contributed by atoms with Crippen LogP contribution in [-0.2, 0) is 0 Å². The maximum atomic E-state index is 6.27. The smallest absolute Gasteiger partial charge is 0.0956 e. The van der Waals surface area contributed by atoms with Gasteiger partial charge < -0.3 is 0 Å². The van der Waals surface area contributed by atoms with Crippen LogP contribution in [-0.4, -0.2) is 18.4 Å². The summed E-state index contributed by atoms with van der Waals surface area (Å²) in [5.41, 5.74) is 2.78. The molecule has 0 N–H and O–H groups in total. The van der Waals surface area contributed by atoms with Gasteiger partial charge in [-0.1, -0.05) is 101 Å². The predicted octanol–water partition coefficient (Wildman–Crippen LogP) is 3.95. The predicted molar refractivity (Wildman–Crippen MR) is 111 cm³/mol. The van der Waals surface area contributed by atoms with Crippen molar-refractivity contribution in [3.8, 4) is 0 Å². The second-order valence-electron chi connectivity index (χ2n) is 5.67. The fourth-order valence-electron chi connectivity index (χ4n) is 2.41. The summed E-state index contributed by atoms with van der Waals surface area (Å²) in [7, 11) is 1.33. The molecule has 0 aromatic heterocycles. The van der Waals surface area contributed by atoms with Crippen molar-refractivity contribution in [1.29, 1.82) is 0 Å². The van der Waals surface area contributed by atoms with E-state index in [0.29, 0.717) is 0 Å². The van der Waals surface area contributed by atoms with Crippen molar-refractivity contribution in [1.82, 2.24) is 0 Å². The lowest BCUT2D eigenvalue weighted by Crippen LogP contribution is -2.28. The Kier molecular flexibility index (Phi) is 6.07. The molecule has 0 saturated carbocycles. The Balaban J connectivity index is 1.95. The zero-order valence-electron chi connectivity index (χ0n) is 13.8. The van der Waals surface area contributed by atoms with E-state index in [2.05, 4.69) is 80.6 Å². The molecule has 0 amide bonds. The fourth-order valence-corrected chi connectivity index (χ4v) is 12.2. The highest BCUT2D eigenvalue weighted by molar-refractivity contribution is 8.13. The molecule has 0 heterocycles. The van der Waals surface area contributed by atoms with Crippen molar-refractivity contribution < 1.29 is 0 Å². The molecule has 3 aromatic carbocycles. The first-order chi connectivity index (χ1) is 11.6. The first-order valence-corrected chi connectivity index (χ1v) is 13.2. The van der Waals surface area contributed by atoms with Gasteiger partial charge in [0.15, 0.2) is 0 Å². The summed E-state index contributed by atoms with van der Waals surface area (Å²) in [6, 6.07) is 26.0. The van der Waals surface area contributed by atoms with E-state index in [-0.39, 0.29) is 7.02 Å². The van der Waals surface area contributed by atoms with E-state index >= 15 is 0 Å². The maximum absolute atomic E-state index is 6.27. The lowest BCUT2D eigenvalue weighted by atomic mass is 10.2. The lowest BCUT2D eigenvalue weighted by molar-refractivity contribution is 1.52. The number of hydrogen-bond acceptors (Lipinski definition) is 0. The zero-order valence-corrected chi connectivity index (χ0v) is 17.4. The third kappa shape index (κ3) is 4.46. The molecule has 0 aliphatic rings. The third-order valence-corrected chi connectivity index (χ3v) is 13.3. The van der Waals surface area contributed by atoms with Crippen LogP contribution in [0.3, 0.4) is 0 Å². The summed E-state index contributed by atoms with van der Waals surface area (Å²) in [5.74, 6) is 0. The topological polar surface area (TPSA) is 0 Å². The van der Waals surface area contributed by atoms with Gasteiger partial charge >= 0.3 is 0 Å². The Labute approximate surface area is 155 Å². The number of hydrogen-bond donors (Lipinski definition) is 0. The highest BCUT2D eigenvalue weighted by Crippen LogP contribution is 2.31. The van der Waals surface area contributed by atoms with E-state index < -0.39 is 0 Å². The minimum atomic E-state index is -0.286. The van der Waals surface area contributed by atoms with Crippen LogP contribution < -0.4 is 15.7 Å². The monoisotopic (exact) mass is 380 g/mol. The first-order valence-electron chi connectivity index (χ1n) is 7.84. The van der Waals surface area contributed by atoms with Crippen molar-refractivity contribution in [3.05, 3.63) is 88.9 Å². The average molecular weight is 381 g/mol. The van der Waals surface area contributed by atoms with Crippen molar-refractivity contribution in [2.45, 2.75) is 13.8 Å². The summed E-state index contributed by atoms with van der Waals surface area (Å²) in [5, 5.41) is 5.19. The summed E-state index contributed by atoms with van der Waals surface area (Å²) >= 11 is 6.27. The van der Waals surface area contributed by atoms with Gasteiger partial charge in [0.05, 0.1) is 0 Å². The Hall–Kier alpha value is -1.19. The Bertz CT molecular complexity index is 788. The highest BCUT2D eigenvalue weighted by atomic mass is 35.5. The number of aryl methyl sites for hydroxylation is 2. The van der Waals surface area contributed by atoms with Gasteiger partial charge in [-0.05, 0) is 31.3 Å². The fraction of sp³-hybridized carbons (Fsp3) is 0.100. The van der Waals surface area contributed by atoms with E-state index in [1.165, 1.54) is 26.8 Å². The molecule has 3 aromatic rings. The molecular formula is C20H18ClPSi2. The molecule has 0 fully saturated rings. The van der Waals surface area contributed by atoms with E-state index in [9.17, 15) is 0 Å². The molecule has 0 aliphatic heterocycles. The lowest BCUT2D eigenvalue weighted by Gasteiger charge is -2.19. The van der Waals surface area contributed by atoms with Gasteiger partial charge in [0.25, 0.3) is 0 Å². The number of halogens is 1. The van der Waals surface area contributed by atoms with E-state index in [1.54, 1.807) is 0 Å². The molecule has 24 heavy (non-hydrogen) atoms. The van der Waals surface area contributed by atoms with Crippen LogP contribution in [0.5, 0.6) is 0 Å². The summed E-state index contributed by atoms with van der Waals surface area (Å²) in [6.07, 6.45) is 0. The molecule has 118 valence electrons. The van der Waals surface area contributed by atoms with Gasteiger partial charge in [-0.3, -0.25) is 0 Å². The zero-order chi connectivity index (χ0) is 16.9. The summed E-state index contributed by atoms with van der Waals surface area (Å²) in [6.45, 7) is 4.43. The molecule has 4 heteroatoms. The maximum Gasteiger partial charge on any atom is 0.116 e. The Morgan fingerprint density at radius 3 is 1.75 bits per heavy atom. The van der Waals surface area contributed by atoms with Crippen molar-refractivity contribution in [2.75, 3.05) is 0 Å². The second-order valence-corrected chi connectivity index (χ2v) is 14.2. The van der Waals surface area contributed by atoms with E-state index in [4.69, 9.17) is 11.6 Å². The quantitative estimate of drug-likeness (QED) is 0.464. The van der Waals surface area contributed by atoms with Crippen molar-refractivity contribution in [2.24, 2.45) is 0 Å². The molecule has 0 spiro atoms. The molecule has 0 bridgehead atoms. The molecule has 0 atom stereocenters. The SMILES string of the molecule is Cc1ccccc1[Si]P([Si]c1ccccc1C)c1cccc(Cl)c1. The van der Waals surface area contributed by atoms with Gasteiger partial charge in [0.1, 0.15) is 18.4 Å². The third-order valence-electron chi connectivity index (χ3n) is 3.82. The Morgan fingerprint density at radius 2 is 1.25 bits per heavy atom. The van der Waals surface area contributed by atoms with Crippen LogP contribution >= 0.6 is 18.6 Å². The highest BCUT2D eigenvalue weighted by Gasteiger charge is 2.17. The molecule has 3 rings (SSSR count). The number of benzene rings is 3. The van der Waals surface area contributed by atoms with Crippen molar-refractivity contribution in [3.63, 3.8) is 0 Å². The van der Waals surface area contributed by atoms with Crippen LogP contribution in [0.1, 0.15) is 11.1 Å². The molecular weight excluding hydrogens is 363 g/mol. The minimum Gasteiger partial charge on any atom is -0.0956 e. The standard InChI is InChI=1S/C20H18ClPSi2/c1-15-8-3-5-12-19(15)23-22(18-11-7-10-17(21)14-18)24-20-13-6-4-9-16(20)2/h3-14H,1-2H3. The van der Waals surface area contributed by atoms with Crippen LogP contribution in [0.15, 0.2) is 72.8 Å². The van der Waals surface area contributed by atoms with Gasteiger partial charge in [-0.15, -0.1) is 0 Å². The van der Waals surface area contributed by atoms with Crippen LogP contribution in [0.4, 0.5) is 0 Å². The van der Waals surface area contributed by atoms with Gasteiger partial charge in [-0.25, -0.2) is 0 Å². The minimum absolute atomic E-state index is 0.286. The molecule has 0 saturated heterocycles. The van der Waals surface area contributed by atoms with Crippen LogP contribution in [0.2, 0.25) is 5.02 Å². The number of rotatable bonds is 5. The molecule has 4 radical (unpaired) electrons. The van der Waals surface area contributed by atoms with Crippen molar-refractivity contribution >= 4 is 52.7 Å². The molecule has 0 aliphatic carbocycles. The normalized spacial score (nSPS) is 11.0. The largest absolute Gasteiger partial charge is 0.116 e. The molecule has 0 unspecified atom stereocenters. The summed E-state index contributed by atoms with van der Waals surface area (Å²) < 4.78 is 0. The summed E-state index contributed by atoms with van der Waals surface area (Å²) in [4.78, 5) is 0.